The van der Waals surface area contributed by atoms with Crippen LogP contribution in [0, 0.1) is 0 Å². The van der Waals surface area contributed by atoms with Gasteiger partial charge >= 0.3 is 0 Å². The maximum absolute atomic E-state index is 5.57. The van der Waals surface area contributed by atoms with E-state index in [1.807, 2.05) is 27.7 Å². The van der Waals surface area contributed by atoms with Crippen LogP contribution in [0.25, 0.3) is 0 Å². The minimum absolute atomic E-state index is 0.457. The van der Waals surface area contributed by atoms with E-state index in [4.69, 9.17) is 4.74 Å². The predicted octanol–water partition coefficient (Wildman–Crippen LogP) is 1.34. The minimum atomic E-state index is 0.457. The second-order valence-electron chi connectivity index (χ2n) is 3.19. The van der Waals surface area contributed by atoms with Crippen LogP contribution in [0.1, 0.15) is 27.7 Å². The number of likely N-dealkylation sites (N-methyl/N-ethyl adjacent to an activating group) is 1. The zero-order valence-electron chi connectivity index (χ0n) is 10.3. The molecule has 86 valence electrons. The molecule has 0 aromatic rings. The molecule has 1 N–H and O–H groups in total. The van der Waals surface area contributed by atoms with Crippen molar-refractivity contribution in [1.29, 1.82) is 0 Å². The molecule has 0 amide bonds. The van der Waals surface area contributed by atoms with E-state index in [9.17, 15) is 0 Å². The molecular weight excluding hydrogens is 176 g/mol. The van der Waals surface area contributed by atoms with Crippen molar-refractivity contribution in [2.24, 2.45) is 0 Å². The van der Waals surface area contributed by atoms with Crippen LogP contribution in [-0.4, -0.2) is 50.3 Å². The molecule has 2 heterocycles. The number of ether oxygens (including phenoxy) is 1. The fourth-order valence-corrected chi connectivity index (χ4v) is 1.78. The van der Waals surface area contributed by atoms with Gasteiger partial charge < -0.3 is 15.0 Å². The SMILES string of the molecule is CC.CC.CN1CC2NCCOC2C1. The van der Waals surface area contributed by atoms with E-state index in [1.165, 1.54) is 0 Å². The van der Waals surface area contributed by atoms with E-state index in [0.29, 0.717) is 12.1 Å². The van der Waals surface area contributed by atoms with Crippen LogP contribution < -0.4 is 5.32 Å². The van der Waals surface area contributed by atoms with Gasteiger partial charge in [-0.25, -0.2) is 0 Å². The lowest BCUT2D eigenvalue weighted by atomic mass is 10.2. The van der Waals surface area contributed by atoms with Crippen LogP contribution in [0.3, 0.4) is 0 Å². The monoisotopic (exact) mass is 202 g/mol. The molecular formula is C11H26N2O. The summed E-state index contributed by atoms with van der Waals surface area (Å²) in [4.78, 5) is 2.31. The second kappa shape index (κ2) is 8.21. The molecule has 2 aliphatic rings. The van der Waals surface area contributed by atoms with Crippen molar-refractivity contribution in [2.75, 3.05) is 33.3 Å². The van der Waals surface area contributed by atoms with Gasteiger partial charge in [0.05, 0.1) is 12.7 Å². The highest BCUT2D eigenvalue weighted by molar-refractivity contribution is 4.90. The molecule has 0 aliphatic carbocycles. The zero-order chi connectivity index (χ0) is 11.0. The molecule has 0 aromatic heterocycles. The van der Waals surface area contributed by atoms with E-state index in [1.54, 1.807) is 0 Å². The highest BCUT2D eigenvalue weighted by Crippen LogP contribution is 2.13. The van der Waals surface area contributed by atoms with Crippen LogP contribution in [0.2, 0.25) is 0 Å². The van der Waals surface area contributed by atoms with Crippen LogP contribution >= 0.6 is 0 Å². The third-order valence-electron chi connectivity index (χ3n) is 2.29. The smallest absolute Gasteiger partial charge is 0.0867 e. The van der Waals surface area contributed by atoms with Gasteiger partial charge in [0.2, 0.25) is 0 Å². The lowest BCUT2D eigenvalue weighted by molar-refractivity contribution is 0.0184. The molecule has 3 heteroatoms. The summed E-state index contributed by atoms with van der Waals surface area (Å²) < 4.78 is 5.57. The number of likely N-dealkylation sites (tertiary alicyclic amines) is 1. The van der Waals surface area contributed by atoms with Gasteiger partial charge in [0.25, 0.3) is 0 Å². The van der Waals surface area contributed by atoms with Crippen LogP contribution in [0.5, 0.6) is 0 Å². The molecule has 0 spiro atoms. The molecule has 2 aliphatic heterocycles. The van der Waals surface area contributed by atoms with E-state index < -0.39 is 0 Å². The summed E-state index contributed by atoms with van der Waals surface area (Å²) in [6, 6.07) is 0.596. The van der Waals surface area contributed by atoms with Gasteiger partial charge in [-0.3, -0.25) is 0 Å². The molecule has 2 rings (SSSR count). The Hall–Kier alpha value is -0.120. The molecule has 2 atom stereocenters. The normalized spacial score (nSPS) is 30.6. The Balaban J connectivity index is 0.000000379. The highest BCUT2D eigenvalue weighted by Gasteiger charge is 2.33. The Morgan fingerprint density at radius 3 is 2.36 bits per heavy atom. The molecule has 0 radical (unpaired) electrons. The predicted molar refractivity (Wildman–Crippen MR) is 61.7 cm³/mol. The lowest BCUT2D eigenvalue weighted by Gasteiger charge is -2.25. The number of fused-ring (bicyclic) bond motifs is 1. The fraction of sp³-hybridized carbons (Fsp3) is 1.00. The van der Waals surface area contributed by atoms with Crippen LogP contribution in [-0.2, 0) is 4.74 Å². The minimum Gasteiger partial charge on any atom is -0.374 e. The Labute approximate surface area is 88.8 Å². The van der Waals surface area contributed by atoms with Crippen molar-refractivity contribution >= 4 is 0 Å². The van der Waals surface area contributed by atoms with Gasteiger partial charge in [0.15, 0.2) is 0 Å². The topological polar surface area (TPSA) is 24.5 Å². The van der Waals surface area contributed by atoms with Crippen LogP contribution in [0.15, 0.2) is 0 Å². The Morgan fingerprint density at radius 2 is 1.79 bits per heavy atom. The number of hydrogen-bond donors (Lipinski definition) is 1. The quantitative estimate of drug-likeness (QED) is 0.641. The van der Waals surface area contributed by atoms with Gasteiger partial charge in [-0.15, -0.1) is 0 Å². The fourth-order valence-electron chi connectivity index (χ4n) is 1.78. The van der Waals surface area contributed by atoms with Gasteiger partial charge in [-0.1, -0.05) is 27.7 Å². The van der Waals surface area contributed by atoms with Crippen molar-refractivity contribution in [3.63, 3.8) is 0 Å². The third kappa shape index (κ3) is 3.95. The number of rotatable bonds is 0. The molecule has 0 saturated carbocycles. The number of morpholine rings is 1. The van der Waals surface area contributed by atoms with Crippen molar-refractivity contribution in [3.8, 4) is 0 Å². The Bertz CT molecular complexity index is 116. The number of hydrogen-bond acceptors (Lipinski definition) is 3. The lowest BCUT2D eigenvalue weighted by Crippen LogP contribution is -2.47. The molecule has 2 unspecified atom stereocenters. The van der Waals surface area contributed by atoms with Crippen molar-refractivity contribution < 1.29 is 4.74 Å². The third-order valence-corrected chi connectivity index (χ3v) is 2.29. The average Bonchev–Trinajstić information content (AvgIpc) is 2.64. The first-order chi connectivity index (χ1) is 6.86. The van der Waals surface area contributed by atoms with Gasteiger partial charge in [-0.05, 0) is 7.05 Å². The summed E-state index contributed by atoms with van der Waals surface area (Å²) in [6.45, 7) is 12.1. The summed E-state index contributed by atoms with van der Waals surface area (Å²) in [5.74, 6) is 0. The van der Waals surface area contributed by atoms with Crippen molar-refractivity contribution in [1.82, 2.24) is 10.2 Å². The van der Waals surface area contributed by atoms with E-state index in [-0.39, 0.29) is 0 Å². The second-order valence-corrected chi connectivity index (χ2v) is 3.19. The maximum Gasteiger partial charge on any atom is 0.0867 e. The summed E-state index contributed by atoms with van der Waals surface area (Å²) in [5.41, 5.74) is 0. The van der Waals surface area contributed by atoms with Crippen molar-refractivity contribution in [2.45, 2.75) is 39.8 Å². The summed E-state index contributed by atoms with van der Waals surface area (Å²) >= 11 is 0. The molecule has 3 nitrogen and oxygen atoms in total. The molecule has 14 heavy (non-hydrogen) atoms. The van der Waals surface area contributed by atoms with Crippen LogP contribution in [0.4, 0.5) is 0 Å². The number of nitrogens with zero attached hydrogens (tertiary/aromatic N) is 1. The number of nitrogens with one attached hydrogen (secondary N) is 1. The zero-order valence-corrected chi connectivity index (χ0v) is 10.3. The van der Waals surface area contributed by atoms with Gasteiger partial charge in [-0.2, -0.15) is 0 Å². The molecule has 2 fully saturated rings. The van der Waals surface area contributed by atoms with Crippen molar-refractivity contribution in [3.05, 3.63) is 0 Å². The molecule has 0 aromatic carbocycles. The Morgan fingerprint density at radius 1 is 1.14 bits per heavy atom. The maximum atomic E-state index is 5.57. The first-order valence-corrected chi connectivity index (χ1v) is 5.90. The first kappa shape index (κ1) is 13.9. The van der Waals surface area contributed by atoms with E-state index >= 15 is 0 Å². The summed E-state index contributed by atoms with van der Waals surface area (Å²) in [6.07, 6.45) is 0.457. The Kier molecular flexibility index (Phi) is 8.14. The van der Waals surface area contributed by atoms with E-state index in [0.717, 1.165) is 26.2 Å². The van der Waals surface area contributed by atoms with Gasteiger partial charge in [0, 0.05) is 25.7 Å². The summed E-state index contributed by atoms with van der Waals surface area (Å²) in [7, 11) is 2.14. The van der Waals surface area contributed by atoms with E-state index in [2.05, 4.69) is 17.3 Å². The first-order valence-electron chi connectivity index (χ1n) is 5.90. The molecule has 0 bridgehead atoms. The molecule has 2 saturated heterocycles. The standard InChI is InChI=1S/C7H14N2O.2C2H6/c1-9-4-6-7(5-9)10-3-2-8-6;2*1-2/h6-8H,2-5H2,1H3;2*1-2H3. The highest BCUT2D eigenvalue weighted by atomic mass is 16.5. The summed E-state index contributed by atoms with van der Waals surface area (Å²) in [5, 5.41) is 3.44. The van der Waals surface area contributed by atoms with Gasteiger partial charge in [0.1, 0.15) is 0 Å². The largest absolute Gasteiger partial charge is 0.374 e. The average molecular weight is 202 g/mol.